The van der Waals surface area contributed by atoms with Crippen LogP contribution in [0.4, 0.5) is 0 Å². The van der Waals surface area contributed by atoms with Crippen LogP contribution < -0.4 is 31.1 Å². The topological polar surface area (TPSA) is 80.3 Å². The summed E-state index contributed by atoms with van der Waals surface area (Å²) in [5.74, 6) is 6.37. The molecule has 1 aliphatic heterocycles. The molecule has 392 valence electrons. The Balaban J connectivity index is 1.40. The van der Waals surface area contributed by atoms with Crippen molar-refractivity contribution in [2.45, 2.75) is 140 Å². The van der Waals surface area contributed by atoms with E-state index in [0.29, 0.717) is 19.3 Å². The molecule has 0 spiro atoms. The fraction of sp³-hybridized carbons (Fsp3) is 0.354. The highest BCUT2D eigenvalue weighted by atomic mass is 28.4. The molecule has 1 fully saturated rings. The number of aldehydes is 1. The molecule has 0 bridgehead atoms. The minimum absolute atomic E-state index is 0.137. The molecule has 1 heterocycles. The molecule has 1 saturated heterocycles. The summed E-state index contributed by atoms with van der Waals surface area (Å²) in [5.41, 5.74) is 0. The number of carbonyl (C=O) groups excluding carboxylic acids is 2. The number of esters is 1. The second-order valence-corrected chi connectivity index (χ2v) is 35.5. The first-order valence-electron chi connectivity index (χ1n) is 26.6. The Morgan fingerprint density at radius 1 is 0.573 bits per heavy atom. The zero-order valence-corrected chi connectivity index (χ0v) is 48.8. The standard InChI is InChI=1S/C65H78O7Si3/c1-63(2,3)73(52-33-19-12-20-34-52,53-35-21-13-22-36-53)70-51(32-18-11-31-45-62(67)68-10)46-47-58-61(72-75(65(7,8)9,56-41-27-16-28-42-56)57-43-29-17-30-44-57)50-60(69-58)59(48-49-66)71-74(64(4,5)6,54-37-23-14-24-38-54)55-39-25-15-26-40-55/h12-17,19-30,33-44,46-47,49,51,58-61H,31-32,45,48,50H2,1-10H3/b47-46+/t51-,58-,59+,60-,61+/m1/s1. The molecule has 0 radical (unpaired) electrons. The summed E-state index contributed by atoms with van der Waals surface area (Å²) in [5, 5.41) is 5.91. The van der Waals surface area contributed by atoms with Crippen LogP contribution in [0.1, 0.15) is 94.4 Å². The molecule has 6 aromatic carbocycles. The van der Waals surface area contributed by atoms with Gasteiger partial charge in [-0.3, -0.25) is 4.79 Å². The summed E-state index contributed by atoms with van der Waals surface area (Å²) in [6.45, 7) is 20.5. The lowest BCUT2D eigenvalue weighted by atomic mass is 10.1. The molecule has 6 aromatic rings. The highest BCUT2D eigenvalue weighted by Gasteiger charge is 2.57. The molecule has 7 nitrogen and oxygen atoms in total. The van der Waals surface area contributed by atoms with Gasteiger partial charge in [-0.05, 0) is 46.2 Å². The maximum Gasteiger partial charge on any atom is 0.306 e. The first kappa shape index (κ1) is 57.0. The van der Waals surface area contributed by atoms with Gasteiger partial charge >= 0.3 is 5.97 Å². The first-order valence-corrected chi connectivity index (χ1v) is 32.3. The molecule has 1 aliphatic rings. The first-order chi connectivity index (χ1) is 35.9. The van der Waals surface area contributed by atoms with Gasteiger partial charge in [0.25, 0.3) is 25.0 Å². The molecule has 5 atom stereocenters. The van der Waals surface area contributed by atoms with Crippen molar-refractivity contribution in [1.82, 2.24) is 0 Å². The van der Waals surface area contributed by atoms with Crippen LogP contribution in [0.2, 0.25) is 15.1 Å². The highest BCUT2D eigenvalue weighted by molar-refractivity contribution is 7.00. The lowest BCUT2D eigenvalue weighted by Crippen LogP contribution is -2.68. The van der Waals surface area contributed by atoms with E-state index in [0.717, 1.165) is 37.4 Å². The minimum atomic E-state index is -3.17. The van der Waals surface area contributed by atoms with E-state index in [4.69, 9.17) is 22.8 Å². The third kappa shape index (κ3) is 12.6. The molecule has 0 saturated carbocycles. The van der Waals surface area contributed by atoms with Crippen LogP contribution in [0.15, 0.2) is 194 Å². The zero-order valence-electron chi connectivity index (χ0n) is 45.8. The summed E-state index contributed by atoms with van der Waals surface area (Å²) in [6.07, 6.45) is 4.14. The Labute approximate surface area is 451 Å². The number of ether oxygens (including phenoxy) is 2. The van der Waals surface area contributed by atoms with E-state index in [1.54, 1.807) is 0 Å². The van der Waals surface area contributed by atoms with Crippen LogP contribution in [0.25, 0.3) is 0 Å². The predicted octanol–water partition coefficient (Wildman–Crippen LogP) is 10.5. The van der Waals surface area contributed by atoms with Crippen molar-refractivity contribution in [3.05, 3.63) is 194 Å². The average molecular weight is 1060 g/mol. The average Bonchev–Trinajstić information content (AvgIpc) is 3.81. The Hall–Kier alpha value is -5.75. The van der Waals surface area contributed by atoms with E-state index in [-0.39, 0.29) is 33.9 Å². The van der Waals surface area contributed by atoms with Gasteiger partial charge in [-0.15, -0.1) is 11.8 Å². The highest BCUT2D eigenvalue weighted by Crippen LogP contribution is 2.44. The second kappa shape index (κ2) is 24.9. The van der Waals surface area contributed by atoms with Crippen LogP contribution in [-0.2, 0) is 32.3 Å². The quantitative estimate of drug-likeness (QED) is 0.0248. The smallest absolute Gasteiger partial charge is 0.306 e. The van der Waals surface area contributed by atoms with E-state index in [2.05, 4.69) is 256 Å². The molecule has 0 unspecified atom stereocenters. The monoisotopic (exact) mass is 1050 g/mol. The fourth-order valence-electron chi connectivity index (χ4n) is 11.3. The van der Waals surface area contributed by atoms with Crippen LogP contribution in [0.5, 0.6) is 0 Å². The Morgan fingerprint density at radius 2 is 0.947 bits per heavy atom. The Bertz CT molecular complexity index is 2700. The maximum absolute atomic E-state index is 13.1. The van der Waals surface area contributed by atoms with Gasteiger partial charge in [-0.25, -0.2) is 0 Å². The van der Waals surface area contributed by atoms with Gasteiger partial charge in [0.05, 0.1) is 37.9 Å². The normalized spacial score (nSPS) is 17.4. The molecule has 75 heavy (non-hydrogen) atoms. The van der Waals surface area contributed by atoms with Gasteiger partial charge in [-0.2, -0.15) is 0 Å². The summed E-state index contributed by atoms with van der Waals surface area (Å²) in [6, 6.07) is 63.9. The number of benzene rings is 6. The summed E-state index contributed by atoms with van der Waals surface area (Å²) in [4.78, 5) is 25.3. The SMILES string of the molecule is COC(=O)CCC#CC[C@H](/C=C/[C@H]1O[C@@H]([C@H](CC=O)O[Si](c2ccccc2)(c2ccccc2)C(C)(C)C)C[C@@H]1O[Si](c1ccccc1)(c1ccccc1)C(C)(C)C)O[Si](c1ccccc1)(c1ccccc1)C(C)(C)C. The molecule has 10 heteroatoms. The number of methoxy groups -OCH3 is 1. The summed E-state index contributed by atoms with van der Waals surface area (Å²) in [7, 11) is -8.05. The summed E-state index contributed by atoms with van der Waals surface area (Å²) >= 11 is 0. The van der Waals surface area contributed by atoms with Crippen molar-refractivity contribution in [3.63, 3.8) is 0 Å². The van der Waals surface area contributed by atoms with Crippen molar-refractivity contribution in [2.75, 3.05) is 7.11 Å². The zero-order chi connectivity index (χ0) is 53.7. The van der Waals surface area contributed by atoms with E-state index in [9.17, 15) is 9.59 Å². The fourth-order valence-corrected chi connectivity index (χ4v) is 25.3. The Morgan fingerprint density at radius 3 is 1.31 bits per heavy atom. The van der Waals surface area contributed by atoms with Gasteiger partial charge in [0.15, 0.2) is 0 Å². The Kier molecular flexibility index (Phi) is 18.9. The van der Waals surface area contributed by atoms with E-state index in [1.807, 2.05) is 12.1 Å². The van der Waals surface area contributed by atoms with E-state index >= 15 is 0 Å². The minimum Gasteiger partial charge on any atom is -0.469 e. The lowest BCUT2D eigenvalue weighted by Gasteiger charge is -2.46. The van der Waals surface area contributed by atoms with Gasteiger partial charge in [0.1, 0.15) is 12.4 Å². The third-order valence-corrected chi connectivity index (χ3v) is 30.0. The predicted molar refractivity (Wildman–Crippen MR) is 314 cm³/mol. The van der Waals surface area contributed by atoms with Crippen molar-refractivity contribution in [3.8, 4) is 11.8 Å². The molecule has 7 rings (SSSR count). The van der Waals surface area contributed by atoms with Gasteiger partial charge < -0.3 is 27.5 Å². The molecule has 0 amide bonds. The van der Waals surface area contributed by atoms with Gasteiger partial charge in [0.2, 0.25) is 0 Å². The largest absolute Gasteiger partial charge is 0.469 e. The van der Waals surface area contributed by atoms with Crippen molar-refractivity contribution < 1.29 is 32.3 Å². The maximum atomic E-state index is 13.1. The van der Waals surface area contributed by atoms with Gasteiger partial charge in [0, 0.05) is 25.7 Å². The molecule has 0 aliphatic carbocycles. The molecule has 0 N–H and O–H groups in total. The van der Waals surface area contributed by atoms with Crippen LogP contribution in [-0.4, -0.2) is 74.8 Å². The molecule has 0 aromatic heterocycles. The van der Waals surface area contributed by atoms with Crippen LogP contribution in [0, 0.1) is 11.8 Å². The second-order valence-electron chi connectivity index (χ2n) is 22.8. The van der Waals surface area contributed by atoms with Crippen molar-refractivity contribution >= 4 is 68.3 Å². The number of hydrogen-bond acceptors (Lipinski definition) is 7. The summed E-state index contributed by atoms with van der Waals surface area (Å²) < 4.78 is 36.1. The molecular formula is C65H78O7Si3. The lowest BCUT2D eigenvalue weighted by molar-refractivity contribution is -0.140. The van der Waals surface area contributed by atoms with Gasteiger partial charge in [-0.1, -0.05) is 256 Å². The number of rotatable bonds is 20. The van der Waals surface area contributed by atoms with Crippen LogP contribution >= 0.6 is 0 Å². The van der Waals surface area contributed by atoms with Crippen molar-refractivity contribution in [2.24, 2.45) is 0 Å². The molecular weight excluding hydrogens is 977 g/mol. The third-order valence-electron chi connectivity index (χ3n) is 14.8. The van der Waals surface area contributed by atoms with E-state index < -0.39 is 55.5 Å². The number of hydrogen-bond donors (Lipinski definition) is 0. The van der Waals surface area contributed by atoms with Crippen LogP contribution in [0.3, 0.4) is 0 Å². The number of carbonyl (C=O) groups is 2. The van der Waals surface area contributed by atoms with E-state index in [1.165, 1.54) is 7.11 Å². The van der Waals surface area contributed by atoms with Crippen molar-refractivity contribution in [1.29, 1.82) is 0 Å².